The van der Waals surface area contributed by atoms with Gasteiger partial charge in [-0.1, -0.05) is 0 Å². The van der Waals surface area contributed by atoms with Crippen molar-refractivity contribution in [1.82, 2.24) is 9.88 Å². The van der Waals surface area contributed by atoms with Crippen LogP contribution in [0.1, 0.15) is 20.7 Å². The van der Waals surface area contributed by atoms with Crippen molar-refractivity contribution < 1.29 is 27.5 Å². The van der Waals surface area contributed by atoms with Crippen molar-refractivity contribution in [2.24, 2.45) is 0 Å². The third-order valence-electron chi connectivity index (χ3n) is 3.63. The number of carbonyl (C=O) groups excluding carboxylic acids is 2. The van der Waals surface area contributed by atoms with E-state index < -0.39 is 48.8 Å². The topological polar surface area (TPSA) is 192 Å². The predicted molar refractivity (Wildman–Crippen MR) is 84.7 cm³/mol. The molecule has 1 aliphatic rings. The number of hydrogen-bond donors (Lipinski definition) is 3. The maximum absolute atomic E-state index is 12.3. The molecule has 0 bridgehead atoms. The molecule has 0 saturated carbocycles. The number of nitro groups is 1. The van der Waals surface area contributed by atoms with Gasteiger partial charge in [-0.25, -0.2) is 0 Å². The predicted octanol–water partition coefficient (Wildman–Crippen LogP) is -0.542. The Morgan fingerprint density at radius 3 is 2.38 bits per heavy atom. The molecule has 2 heterocycles. The zero-order valence-electron chi connectivity index (χ0n) is 12.5. The van der Waals surface area contributed by atoms with E-state index >= 15 is 0 Å². The molecule has 0 aliphatic carbocycles. The number of amides is 2. The highest BCUT2D eigenvalue weighted by molar-refractivity contribution is 7.86. The SMILES string of the molecule is Nc1c2c(cc(=O)n1-c1ccc(S(=O)(=O)O)c([N+](=O)[O-])c1)C(=O)NC2=O. The molecular weight excluding hydrogens is 372 g/mol. The van der Waals surface area contributed by atoms with E-state index in [0.717, 1.165) is 12.1 Å². The van der Waals surface area contributed by atoms with Gasteiger partial charge in [-0.05, 0) is 12.1 Å². The maximum atomic E-state index is 12.3. The van der Waals surface area contributed by atoms with E-state index in [0.29, 0.717) is 16.7 Å². The van der Waals surface area contributed by atoms with Gasteiger partial charge in [0.2, 0.25) is 0 Å². The number of rotatable bonds is 3. The van der Waals surface area contributed by atoms with Crippen molar-refractivity contribution in [3.8, 4) is 5.69 Å². The minimum atomic E-state index is -4.89. The first kappa shape index (κ1) is 17.2. The van der Waals surface area contributed by atoms with Crippen LogP contribution < -0.4 is 16.6 Å². The Kier molecular flexibility index (Phi) is 3.63. The molecule has 3 rings (SSSR count). The summed E-state index contributed by atoms with van der Waals surface area (Å²) in [6, 6.07) is 3.22. The Labute approximate surface area is 143 Å². The van der Waals surface area contributed by atoms with Crippen molar-refractivity contribution in [2.45, 2.75) is 4.90 Å². The lowest BCUT2D eigenvalue weighted by molar-refractivity contribution is -0.387. The van der Waals surface area contributed by atoms with Gasteiger partial charge in [-0.2, -0.15) is 8.42 Å². The Morgan fingerprint density at radius 1 is 1.15 bits per heavy atom. The minimum absolute atomic E-state index is 0.235. The monoisotopic (exact) mass is 380 g/mol. The molecule has 0 radical (unpaired) electrons. The summed E-state index contributed by atoms with van der Waals surface area (Å²) >= 11 is 0. The number of nitrogens with one attached hydrogen (secondary N) is 1. The normalized spacial score (nSPS) is 13.4. The first-order chi connectivity index (χ1) is 12.0. The number of carbonyl (C=O) groups is 2. The van der Waals surface area contributed by atoms with Crippen molar-refractivity contribution in [1.29, 1.82) is 0 Å². The van der Waals surface area contributed by atoms with Crippen LogP contribution in [0.2, 0.25) is 0 Å². The van der Waals surface area contributed by atoms with Gasteiger partial charge in [0.15, 0.2) is 4.90 Å². The number of nitrogens with zero attached hydrogens (tertiary/aromatic N) is 2. The van der Waals surface area contributed by atoms with E-state index in [2.05, 4.69) is 0 Å². The van der Waals surface area contributed by atoms with Gasteiger partial charge in [0.05, 0.1) is 21.7 Å². The van der Waals surface area contributed by atoms with Crippen molar-refractivity contribution in [2.75, 3.05) is 5.73 Å². The van der Waals surface area contributed by atoms with E-state index in [9.17, 15) is 32.9 Å². The second-order valence-electron chi connectivity index (χ2n) is 5.16. The molecule has 1 aliphatic heterocycles. The number of fused-ring (bicyclic) bond motifs is 1. The first-order valence-corrected chi connectivity index (χ1v) is 8.14. The molecule has 12 nitrogen and oxygen atoms in total. The Morgan fingerprint density at radius 2 is 1.81 bits per heavy atom. The van der Waals surface area contributed by atoms with Crippen LogP contribution in [0.5, 0.6) is 0 Å². The largest absolute Gasteiger partial charge is 0.384 e. The molecule has 0 spiro atoms. The lowest BCUT2D eigenvalue weighted by Gasteiger charge is -2.12. The van der Waals surface area contributed by atoms with E-state index in [1.54, 1.807) is 0 Å². The lowest BCUT2D eigenvalue weighted by Crippen LogP contribution is -2.24. The second-order valence-corrected chi connectivity index (χ2v) is 6.55. The molecule has 134 valence electrons. The minimum Gasteiger partial charge on any atom is -0.384 e. The molecule has 4 N–H and O–H groups in total. The number of nitro benzene ring substituents is 1. The molecule has 0 fully saturated rings. The van der Waals surface area contributed by atoms with Gasteiger partial charge in [0, 0.05) is 12.1 Å². The molecule has 2 aromatic rings. The highest BCUT2D eigenvalue weighted by Crippen LogP contribution is 2.28. The summed E-state index contributed by atoms with van der Waals surface area (Å²) in [5.74, 6) is -2.11. The second kappa shape index (κ2) is 5.47. The van der Waals surface area contributed by atoms with Crippen LogP contribution in [0.15, 0.2) is 34.0 Å². The van der Waals surface area contributed by atoms with Crippen LogP contribution in [0, 0.1) is 10.1 Å². The number of nitrogen functional groups attached to an aromatic ring is 1. The maximum Gasteiger partial charge on any atom is 0.301 e. The lowest BCUT2D eigenvalue weighted by atomic mass is 10.1. The van der Waals surface area contributed by atoms with Gasteiger partial charge in [-0.3, -0.25) is 38.9 Å². The molecule has 0 atom stereocenters. The number of hydrogen-bond acceptors (Lipinski definition) is 8. The zero-order valence-corrected chi connectivity index (χ0v) is 13.3. The summed E-state index contributed by atoms with van der Waals surface area (Å²) in [7, 11) is -4.89. The van der Waals surface area contributed by atoms with E-state index in [1.807, 2.05) is 5.32 Å². The number of benzene rings is 1. The fourth-order valence-electron chi connectivity index (χ4n) is 2.55. The number of anilines is 1. The fourth-order valence-corrected chi connectivity index (χ4v) is 3.19. The summed E-state index contributed by atoms with van der Waals surface area (Å²) in [6.07, 6.45) is 0. The highest BCUT2D eigenvalue weighted by Gasteiger charge is 2.32. The van der Waals surface area contributed by atoms with Crippen LogP contribution in [0.4, 0.5) is 11.5 Å². The van der Waals surface area contributed by atoms with E-state index in [-0.39, 0.29) is 16.8 Å². The number of pyridine rings is 1. The van der Waals surface area contributed by atoms with Gasteiger partial charge >= 0.3 is 10.1 Å². The molecule has 1 aromatic heterocycles. The van der Waals surface area contributed by atoms with Crippen molar-refractivity contribution in [3.63, 3.8) is 0 Å². The van der Waals surface area contributed by atoms with Gasteiger partial charge in [-0.15, -0.1) is 0 Å². The molecule has 26 heavy (non-hydrogen) atoms. The van der Waals surface area contributed by atoms with Gasteiger partial charge in [0.1, 0.15) is 5.82 Å². The summed E-state index contributed by atoms with van der Waals surface area (Å²) < 4.78 is 32.2. The summed E-state index contributed by atoms with van der Waals surface area (Å²) in [5, 5.41) is 13.1. The number of nitrogens with two attached hydrogens (primary N) is 1. The third kappa shape index (κ3) is 2.51. The van der Waals surface area contributed by atoms with E-state index in [1.165, 1.54) is 0 Å². The molecule has 0 saturated heterocycles. The number of imide groups is 1. The van der Waals surface area contributed by atoms with Crippen molar-refractivity contribution in [3.05, 3.63) is 55.9 Å². The molecule has 13 heteroatoms. The summed E-state index contributed by atoms with van der Waals surface area (Å²) in [6.45, 7) is 0. The van der Waals surface area contributed by atoms with Gasteiger partial charge in [0.25, 0.3) is 23.1 Å². The van der Waals surface area contributed by atoms with Crippen LogP contribution in [0.3, 0.4) is 0 Å². The van der Waals surface area contributed by atoms with E-state index in [4.69, 9.17) is 10.3 Å². The Bertz CT molecular complexity index is 1180. The molecule has 0 unspecified atom stereocenters. The summed E-state index contributed by atoms with van der Waals surface area (Å²) in [5.41, 5.74) is 3.15. The zero-order chi connectivity index (χ0) is 19.4. The molecular formula is C13H8N4O8S. The first-order valence-electron chi connectivity index (χ1n) is 6.70. The Hall–Kier alpha value is -3.58. The smallest absolute Gasteiger partial charge is 0.301 e. The van der Waals surface area contributed by atoms with Gasteiger partial charge < -0.3 is 5.73 Å². The number of aromatic nitrogens is 1. The van der Waals surface area contributed by atoms with Crippen LogP contribution in [0.25, 0.3) is 5.69 Å². The van der Waals surface area contributed by atoms with Crippen LogP contribution >= 0.6 is 0 Å². The van der Waals surface area contributed by atoms with Crippen molar-refractivity contribution >= 4 is 33.4 Å². The third-order valence-corrected chi connectivity index (χ3v) is 4.53. The standard InChI is InChI=1S/C13H8N4O8S/c14-11-10-6(12(19)15-13(10)20)4-9(18)16(11)5-1-2-8(26(23,24)25)7(3-5)17(21)22/h1-4H,14H2,(H,15,19,20)(H,23,24,25). The fraction of sp³-hybridized carbons (Fsp3) is 0. The molecule has 1 aromatic carbocycles. The quantitative estimate of drug-likeness (QED) is 0.271. The highest BCUT2D eigenvalue weighted by atomic mass is 32.2. The molecule has 2 amide bonds. The summed E-state index contributed by atoms with van der Waals surface area (Å²) in [4.78, 5) is 44.7. The average Bonchev–Trinajstić information content (AvgIpc) is 2.80. The Balaban J connectivity index is 2.33. The van der Waals surface area contributed by atoms with Crippen LogP contribution in [-0.2, 0) is 10.1 Å². The average molecular weight is 380 g/mol. The van der Waals surface area contributed by atoms with Crippen LogP contribution in [-0.4, -0.2) is 34.3 Å².